The maximum atomic E-state index is 13.6. The van der Waals surface area contributed by atoms with Crippen LogP contribution in [0.15, 0.2) is 84.9 Å². The van der Waals surface area contributed by atoms with Crippen molar-refractivity contribution in [3.63, 3.8) is 0 Å². The molecule has 3 aromatic carbocycles. The van der Waals surface area contributed by atoms with E-state index in [1.54, 1.807) is 42.5 Å². The van der Waals surface area contributed by atoms with Crippen molar-refractivity contribution in [2.75, 3.05) is 7.11 Å². The second-order valence-electron chi connectivity index (χ2n) is 6.72. The number of hydrogen-bond donors (Lipinski definition) is 2. The monoisotopic (exact) mass is 441 g/mol. The minimum absolute atomic E-state index is 0.0649. The number of ether oxygens (including phenoxy) is 1. The molecule has 2 unspecified atom stereocenters. The molecule has 31 heavy (non-hydrogen) atoms. The third kappa shape index (κ3) is 6.60. The third-order valence-corrected chi connectivity index (χ3v) is 6.52. The molecule has 162 valence electrons. The fourth-order valence-electron chi connectivity index (χ4n) is 2.85. The molecular weight excluding hydrogens is 417 g/mol. The van der Waals surface area contributed by atoms with Crippen LogP contribution in [0.2, 0.25) is 0 Å². The van der Waals surface area contributed by atoms with Gasteiger partial charge in [-0.15, -0.1) is 0 Å². The molecule has 2 N–H and O–H groups in total. The van der Waals surface area contributed by atoms with Crippen LogP contribution in [-0.2, 0) is 26.9 Å². The summed E-state index contributed by atoms with van der Waals surface area (Å²) in [6.07, 6.45) is -0.611. The molecule has 0 aliphatic heterocycles. The summed E-state index contributed by atoms with van der Waals surface area (Å²) >= 11 is 0. The van der Waals surface area contributed by atoms with Crippen molar-refractivity contribution in [1.29, 1.82) is 0 Å². The Morgan fingerprint density at radius 2 is 1.55 bits per heavy atom. The number of aromatic hydroxyl groups is 1. The van der Waals surface area contributed by atoms with Gasteiger partial charge in [0.25, 0.3) is 0 Å². The van der Waals surface area contributed by atoms with Crippen LogP contribution in [0.3, 0.4) is 0 Å². The van der Waals surface area contributed by atoms with E-state index in [0.717, 1.165) is 11.1 Å². The van der Waals surface area contributed by atoms with Crippen molar-refractivity contribution >= 4 is 13.7 Å². The first-order valence-electron chi connectivity index (χ1n) is 9.64. The van der Waals surface area contributed by atoms with E-state index in [1.807, 2.05) is 30.3 Å². The Morgan fingerprint density at radius 3 is 2.16 bits per heavy atom. The molecule has 0 bridgehead atoms. The minimum Gasteiger partial charge on any atom is -0.508 e. The van der Waals surface area contributed by atoms with Crippen LogP contribution in [-0.4, -0.2) is 24.1 Å². The van der Waals surface area contributed by atoms with Gasteiger partial charge in [-0.3, -0.25) is 0 Å². The van der Waals surface area contributed by atoms with Crippen molar-refractivity contribution in [2.24, 2.45) is 0 Å². The number of para-hydroxylation sites is 1. The number of rotatable bonds is 9. The first-order valence-corrected chi connectivity index (χ1v) is 11.2. The summed E-state index contributed by atoms with van der Waals surface area (Å²) < 4.78 is 29.8. The summed E-state index contributed by atoms with van der Waals surface area (Å²) in [5.41, 5.74) is 1.54. The number of carbonyl (C=O) groups is 1. The highest BCUT2D eigenvalue weighted by Crippen LogP contribution is 2.52. The molecule has 8 heteroatoms. The van der Waals surface area contributed by atoms with Gasteiger partial charge in [0.15, 0.2) is 0 Å². The van der Waals surface area contributed by atoms with Crippen molar-refractivity contribution in [1.82, 2.24) is 5.32 Å². The molecule has 0 radical (unpaired) electrons. The predicted molar refractivity (Wildman–Crippen MR) is 117 cm³/mol. The van der Waals surface area contributed by atoms with Crippen LogP contribution in [0.1, 0.15) is 11.1 Å². The molecule has 2 atom stereocenters. The Kier molecular flexibility index (Phi) is 7.70. The average molecular weight is 441 g/mol. The van der Waals surface area contributed by atoms with Gasteiger partial charge in [-0.25, -0.2) is 9.36 Å². The molecule has 3 rings (SSSR count). The van der Waals surface area contributed by atoms with E-state index in [9.17, 15) is 14.5 Å². The minimum atomic E-state index is -3.83. The van der Waals surface area contributed by atoms with Crippen LogP contribution in [0, 0.1) is 0 Å². The van der Waals surface area contributed by atoms with Gasteiger partial charge in [0.2, 0.25) is 0 Å². The van der Waals surface area contributed by atoms with Crippen LogP contribution < -0.4 is 9.84 Å². The average Bonchev–Trinajstić information content (AvgIpc) is 2.80. The first-order chi connectivity index (χ1) is 15.0. The van der Waals surface area contributed by atoms with Gasteiger partial charge in [0.1, 0.15) is 23.9 Å². The molecule has 0 fully saturated rings. The summed E-state index contributed by atoms with van der Waals surface area (Å²) in [5, 5.41) is 12.1. The molecule has 0 spiro atoms. The molecule has 3 aromatic rings. The zero-order chi connectivity index (χ0) is 22.1. The molecule has 0 aromatic heterocycles. The molecular formula is C23H24NO6P. The lowest BCUT2D eigenvalue weighted by molar-refractivity contribution is 0.136. The van der Waals surface area contributed by atoms with Crippen LogP contribution in [0.4, 0.5) is 4.79 Å². The SMILES string of the molecule is COP(=O)(Oc1ccccc1)C(Cc1ccc(O)cc1)NC(=O)OCc1ccccc1. The van der Waals surface area contributed by atoms with E-state index < -0.39 is 19.5 Å². The lowest BCUT2D eigenvalue weighted by Gasteiger charge is -2.26. The van der Waals surface area contributed by atoms with Gasteiger partial charge in [-0.1, -0.05) is 60.7 Å². The number of alkyl carbamates (subject to hydrolysis) is 1. The quantitative estimate of drug-likeness (QED) is 0.449. The van der Waals surface area contributed by atoms with Crippen LogP contribution in [0.25, 0.3) is 0 Å². The van der Waals surface area contributed by atoms with Crippen LogP contribution in [0.5, 0.6) is 11.5 Å². The van der Waals surface area contributed by atoms with Gasteiger partial charge in [-0.05, 0) is 35.4 Å². The second-order valence-corrected chi connectivity index (χ2v) is 8.97. The van der Waals surface area contributed by atoms with Gasteiger partial charge in [0.05, 0.1) is 0 Å². The third-order valence-electron chi connectivity index (χ3n) is 4.47. The van der Waals surface area contributed by atoms with Crippen molar-refractivity contribution < 1.29 is 28.3 Å². The fraction of sp³-hybridized carbons (Fsp3) is 0.174. The van der Waals surface area contributed by atoms with E-state index in [0.29, 0.717) is 5.75 Å². The van der Waals surface area contributed by atoms with Crippen LogP contribution >= 0.6 is 7.60 Å². The van der Waals surface area contributed by atoms with E-state index in [1.165, 1.54) is 19.2 Å². The summed E-state index contributed by atoms with van der Waals surface area (Å²) in [5.74, 6) is -0.570. The zero-order valence-corrected chi connectivity index (χ0v) is 17.9. The Morgan fingerprint density at radius 1 is 0.935 bits per heavy atom. The smallest absolute Gasteiger partial charge is 0.408 e. The molecule has 0 aliphatic carbocycles. The van der Waals surface area contributed by atoms with Crippen molar-refractivity contribution in [3.8, 4) is 11.5 Å². The largest absolute Gasteiger partial charge is 0.508 e. The van der Waals surface area contributed by atoms with E-state index in [-0.39, 0.29) is 18.8 Å². The molecule has 0 aliphatic rings. The molecule has 0 saturated heterocycles. The molecule has 0 saturated carbocycles. The van der Waals surface area contributed by atoms with Crippen molar-refractivity contribution in [3.05, 3.63) is 96.1 Å². The summed E-state index contributed by atoms with van der Waals surface area (Å²) in [6, 6.07) is 24.2. The summed E-state index contributed by atoms with van der Waals surface area (Å²) in [6.45, 7) is 0.0649. The van der Waals surface area contributed by atoms with Gasteiger partial charge in [0, 0.05) is 13.5 Å². The number of carbonyl (C=O) groups excluding carboxylic acids is 1. The number of phenolic OH excluding ortho intramolecular Hbond substituents is 1. The Bertz CT molecular complexity index is 1010. The van der Waals surface area contributed by atoms with Crippen molar-refractivity contribution in [2.45, 2.75) is 18.8 Å². The Hall–Kier alpha value is -3.28. The molecule has 0 heterocycles. The Balaban J connectivity index is 1.77. The van der Waals surface area contributed by atoms with E-state index in [2.05, 4.69) is 5.32 Å². The zero-order valence-electron chi connectivity index (χ0n) is 17.0. The number of benzene rings is 3. The fourth-order valence-corrected chi connectivity index (χ4v) is 4.42. The maximum Gasteiger partial charge on any atom is 0.408 e. The van der Waals surface area contributed by atoms with Gasteiger partial charge in [-0.2, -0.15) is 0 Å². The standard InChI is InChI=1S/C23H24NO6P/c1-28-31(27,30-21-10-6-3-7-11-21)22(16-18-12-14-20(25)15-13-18)24-23(26)29-17-19-8-4-2-5-9-19/h2-15,22,25H,16-17H2,1H3,(H,24,26). The summed E-state index contributed by atoms with van der Waals surface area (Å²) in [7, 11) is -2.57. The Labute approximate surface area is 181 Å². The highest BCUT2D eigenvalue weighted by Gasteiger charge is 2.38. The highest BCUT2D eigenvalue weighted by molar-refractivity contribution is 7.55. The number of hydrogen-bond acceptors (Lipinski definition) is 6. The van der Waals surface area contributed by atoms with E-state index >= 15 is 0 Å². The van der Waals surface area contributed by atoms with Gasteiger partial charge >= 0.3 is 13.7 Å². The topological polar surface area (TPSA) is 94.1 Å². The highest BCUT2D eigenvalue weighted by atomic mass is 31.2. The molecule has 7 nitrogen and oxygen atoms in total. The summed E-state index contributed by atoms with van der Waals surface area (Å²) in [4.78, 5) is 12.5. The lowest BCUT2D eigenvalue weighted by atomic mass is 10.1. The normalized spacial score (nSPS) is 13.6. The van der Waals surface area contributed by atoms with E-state index in [4.69, 9.17) is 13.8 Å². The maximum absolute atomic E-state index is 13.6. The molecule has 1 amide bonds. The number of phenols is 1. The number of nitrogens with one attached hydrogen (secondary N) is 1. The number of amides is 1. The van der Waals surface area contributed by atoms with Gasteiger partial charge < -0.3 is 24.2 Å². The first kappa shape index (κ1) is 22.4. The second kappa shape index (κ2) is 10.7. The predicted octanol–water partition coefficient (Wildman–Crippen LogP) is 5.11. The lowest BCUT2D eigenvalue weighted by Crippen LogP contribution is -2.38.